The molecule has 0 unspecified atom stereocenters. The second-order valence-electron chi connectivity index (χ2n) is 13.3. The molecule has 15 heteroatoms. The molecule has 0 radical (unpaired) electrons. The van der Waals surface area contributed by atoms with Gasteiger partial charge in [0.2, 0.25) is 21.8 Å². The first-order chi connectivity index (χ1) is 25.0. The maximum atomic E-state index is 13.9. The zero-order chi connectivity index (χ0) is 39.3. The van der Waals surface area contributed by atoms with Crippen LogP contribution in [0.25, 0.3) is 0 Å². The highest BCUT2D eigenvalue weighted by Gasteiger charge is 2.27. The van der Waals surface area contributed by atoms with E-state index in [4.69, 9.17) is 16.3 Å². The van der Waals surface area contributed by atoms with Crippen LogP contribution in [0.1, 0.15) is 65.6 Å². The highest BCUT2D eigenvalue weighted by atomic mass is 35.5. The molecule has 0 saturated heterocycles. The fraction of sp³-hybridized carbons (Fsp3) is 0.421. The van der Waals surface area contributed by atoms with Crippen LogP contribution in [0.4, 0.5) is 5.69 Å². The molecule has 3 aromatic carbocycles. The van der Waals surface area contributed by atoms with Gasteiger partial charge in [0, 0.05) is 49.4 Å². The minimum Gasteiger partial charge on any atom is -0.383 e. The Labute approximate surface area is 317 Å². The number of hydrogen-bond acceptors (Lipinski definition) is 8. The molecule has 13 nitrogen and oxygen atoms in total. The summed E-state index contributed by atoms with van der Waals surface area (Å²) in [7, 11) is -0.880. The molecule has 4 atom stereocenters. The fourth-order valence-corrected chi connectivity index (χ4v) is 6.03. The average Bonchev–Trinajstić information content (AvgIpc) is 3.11. The van der Waals surface area contributed by atoms with E-state index in [-0.39, 0.29) is 35.2 Å². The van der Waals surface area contributed by atoms with Crippen molar-refractivity contribution in [3.8, 4) is 0 Å². The number of carbonyl (C=O) groups excluding carboxylic acids is 4. The van der Waals surface area contributed by atoms with Crippen molar-refractivity contribution in [1.29, 1.82) is 0 Å². The molecule has 3 aromatic rings. The molecule has 3 rings (SSSR count). The number of halogens is 1. The van der Waals surface area contributed by atoms with Crippen molar-refractivity contribution in [2.24, 2.45) is 5.92 Å². The molecule has 0 aliphatic heterocycles. The van der Waals surface area contributed by atoms with E-state index in [9.17, 15) is 27.6 Å². The summed E-state index contributed by atoms with van der Waals surface area (Å²) >= 11 is 6.14. The second kappa shape index (κ2) is 20.1. The number of rotatable bonds is 19. The highest BCUT2D eigenvalue weighted by molar-refractivity contribution is 7.92. The molecule has 0 bridgehead atoms. The molecule has 0 spiro atoms. The van der Waals surface area contributed by atoms with Gasteiger partial charge in [0.1, 0.15) is 6.04 Å². The van der Waals surface area contributed by atoms with Crippen LogP contribution in [0.5, 0.6) is 0 Å². The predicted molar refractivity (Wildman–Crippen MR) is 208 cm³/mol. The van der Waals surface area contributed by atoms with Gasteiger partial charge in [-0.1, -0.05) is 67.9 Å². The molecule has 0 saturated carbocycles. The van der Waals surface area contributed by atoms with Gasteiger partial charge in [0.05, 0.1) is 30.6 Å². The van der Waals surface area contributed by atoms with Crippen LogP contribution < -0.4 is 30.9 Å². The van der Waals surface area contributed by atoms with Crippen molar-refractivity contribution in [1.82, 2.24) is 26.6 Å². The first kappa shape index (κ1) is 42.9. The van der Waals surface area contributed by atoms with Crippen LogP contribution >= 0.6 is 11.6 Å². The van der Waals surface area contributed by atoms with Gasteiger partial charge in [-0.05, 0) is 67.6 Å². The zero-order valence-electron chi connectivity index (χ0n) is 31.2. The summed E-state index contributed by atoms with van der Waals surface area (Å²) in [6.07, 6.45) is 1.41. The van der Waals surface area contributed by atoms with Crippen molar-refractivity contribution in [2.75, 3.05) is 44.4 Å². The number of sulfonamides is 1. The Hall–Kier alpha value is -4.50. The van der Waals surface area contributed by atoms with Crippen LogP contribution in [0.15, 0.2) is 72.8 Å². The Morgan fingerprint density at radius 2 is 1.47 bits per heavy atom. The third kappa shape index (κ3) is 13.5. The number of hydrogen-bond donors (Lipinski definition) is 5. The predicted octanol–water partition coefficient (Wildman–Crippen LogP) is 3.45. The van der Waals surface area contributed by atoms with Crippen molar-refractivity contribution in [2.45, 2.75) is 58.3 Å². The third-order valence-electron chi connectivity index (χ3n) is 8.58. The lowest BCUT2D eigenvalue weighted by Crippen LogP contribution is -2.55. The molecule has 0 fully saturated rings. The number of carbonyl (C=O) groups is 4. The number of ether oxygens (including phenoxy) is 1. The van der Waals surface area contributed by atoms with E-state index in [0.717, 1.165) is 21.7 Å². The van der Waals surface area contributed by atoms with Gasteiger partial charge in [-0.3, -0.25) is 23.5 Å². The lowest BCUT2D eigenvalue weighted by Gasteiger charge is -2.26. The normalized spacial score (nSPS) is 13.7. The number of benzene rings is 3. The minimum absolute atomic E-state index is 0.0571. The quantitative estimate of drug-likeness (QED) is 0.115. The van der Waals surface area contributed by atoms with Crippen molar-refractivity contribution >= 4 is 50.9 Å². The van der Waals surface area contributed by atoms with Crippen molar-refractivity contribution in [3.05, 3.63) is 100 Å². The molecule has 5 N–H and O–H groups in total. The van der Waals surface area contributed by atoms with Crippen LogP contribution in [0.2, 0.25) is 5.02 Å². The summed E-state index contributed by atoms with van der Waals surface area (Å²) in [5.41, 5.74) is 1.93. The number of anilines is 1. The number of nitrogens with zero attached hydrogens (tertiary/aromatic N) is 1. The Morgan fingerprint density at radius 3 is 2.06 bits per heavy atom. The van der Waals surface area contributed by atoms with Crippen molar-refractivity contribution < 1.29 is 32.3 Å². The standard InChI is InChI=1S/C38H51ClN6O7S/c1-24(2)34(38(49)40-16-17-52-6)44-35(46)26(4)41-23-32(18-27-12-9-8-10-13-27)43-37(48)30-19-29(21-33(22-30)45(5)53(7,50)51)36(47)42-25(3)28-14-11-15-31(39)20-28/h8-15,19-22,24-26,32,34,41H,16-18,23H2,1-7H3,(H,40,49)(H,42,47)(H,43,48)(H,44,46)/t25-,26+,32+,34+/m1/s1. The summed E-state index contributed by atoms with van der Waals surface area (Å²) in [5.74, 6) is -1.97. The molecular formula is C38H51ClN6O7S. The average molecular weight is 771 g/mol. The Morgan fingerprint density at radius 1 is 0.830 bits per heavy atom. The Balaban J connectivity index is 1.85. The van der Waals surface area contributed by atoms with Gasteiger partial charge in [0.15, 0.2) is 0 Å². The van der Waals surface area contributed by atoms with Gasteiger partial charge in [-0.25, -0.2) is 8.42 Å². The second-order valence-corrected chi connectivity index (χ2v) is 15.7. The van der Waals surface area contributed by atoms with E-state index >= 15 is 0 Å². The maximum absolute atomic E-state index is 13.9. The SMILES string of the molecule is COCCNC(=O)[C@@H](NC(=O)[C@H](C)NC[C@H](Cc1ccccc1)NC(=O)c1cc(C(=O)N[C@H](C)c2cccc(Cl)c2)cc(N(C)S(C)(=O)=O)c1)C(C)C. The van der Waals surface area contributed by atoms with Gasteiger partial charge in [0.25, 0.3) is 11.8 Å². The van der Waals surface area contributed by atoms with Gasteiger partial charge < -0.3 is 31.3 Å². The number of methoxy groups -OCH3 is 1. The molecular weight excluding hydrogens is 720 g/mol. The molecule has 288 valence electrons. The van der Waals surface area contributed by atoms with Crippen molar-refractivity contribution in [3.63, 3.8) is 0 Å². The third-order valence-corrected chi connectivity index (χ3v) is 10.0. The van der Waals surface area contributed by atoms with E-state index < -0.39 is 51.9 Å². The molecule has 4 amide bonds. The topological polar surface area (TPSA) is 175 Å². The lowest BCUT2D eigenvalue weighted by molar-refractivity contribution is -0.131. The van der Waals surface area contributed by atoms with E-state index in [2.05, 4.69) is 26.6 Å². The Kier molecular flexibility index (Phi) is 16.3. The van der Waals surface area contributed by atoms with E-state index in [1.165, 1.54) is 32.4 Å². The number of nitrogens with one attached hydrogen (secondary N) is 5. The van der Waals surface area contributed by atoms with Gasteiger partial charge in [-0.15, -0.1) is 0 Å². The molecule has 0 aromatic heterocycles. The summed E-state index contributed by atoms with van der Waals surface area (Å²) in [5, 5.41) is 15.2. The first-order valence-corrected chi connectivity index (χ1v) is 19.5. The van der Waals surface area contributed by atoms with Crippen LogP contribution in [0, 0.1) is 5.92 Å². The smallest absolute Gasteiger partial charge is 0.251 e. The summed E-state index contributed by atoms with van der Waals surface area (Å²) in [6, 6.07) is 18.2. The highest BCUT2D eigenvalue weighted by Crippen LogP contribution is 2.23. The molecule has 0 aliphatic carbocycles. The molecule has 0 heterocycles. The van der Waals surface area contributed by atoms with Crippen LogP contribution in [-0.4, -0.2) is 90.3 Å². The van der Waals surface area contributed by atoms with Gasteiger partial charge >= 0.3 is 0 Å². The summed E-state index contributed by atoms with van der Waals surface area (Å²) < 4.78 is 31.0. The van der Waals surface area contributed by atoms with Crippen LogP contribution in [-0.2, 0) is 30.8 Å². The first-order valence-electron chi connectivity index (χ1n) is 17.3. The zero-order valence-corrected chi connectivity index (χ0v) is 32.8. The van der Waals surface area contributed by atoms with E-state index in [1.54, 1.807) is 32.0 Å². The monoisotopic (exact) mass is 770 g/mol. The summed E-state index contributed by atoms with van der Waals surface area (Å²) in [4.78, 5) is 53.4. The van der Waals surface area contributed by atoms with Crippen LogP contribution in [0.3, 0.4) is 0 Å². The molecule has 53 heavy (non-hydrogen) atoms. The Bertz CT molecular complexity index is 1830. The van der Waals surface area contributed by atoms with E-state index in [1.807, 2.05) is 50.2 Å². The minimum atomic E-state index is -3.75. The lowest BCUT2D eigenvalue weighted by atomic mass is 10.0. The van der Waals surface area contributed by atoms with E-state index in [0.29, 0.717) is 24.6 Å². The maximum Gasteiger partial charge on any atom is 0.251 e. The van der Waals surface area contributed by atoms with Gasteiger partial charge in [-0.2, -0.15) is 0 Å². The summed E-state index contributed by atoms with van der Waals surface area (Å²) in [6.45, 7) is 7.93. The molecule has 0 aliphatic rings. The number of amides is 4. The fourth-order valence-electron chi connectivity index (χ4n) is 5.34. The largest absolute Gasteiger partial charge is 0.383 e.